The molecular formula is C53H56N6O8S2. The second-order valence-corrected chi connectivity index (χ2v) is 21.6. The van der Waals surface area contributed by atoms with Crippen LogP contribution in [0.25, 0.3) is 0 Å². The topological polar surface area (TPSA) is 160 Å². The van der Waals surface area contributed by atoms with Crippen LogP contribution in [0.1, 0.15) is 77.4 Å². The van der Waals surface area contributed by atoms with Gasteiger partial charge in [0.1, 0.15) is 13.2 Å². The second-order valence-electron chi connectivity index (χ2n) is 18.3. The number of benzene rings is 5. The number of methoxy groups -OCH3 is 2. The van der Waals surface area contributed by atoms with E-state index in [-0.39, 0.29) is 48.3 Å². The zero-order chi connectivity index (χ0) is 48.4. The molecule has 4 amide bonds. The number of aliphatic imine (C=N–C) groups is 1. The van der Waals surface area contributed by atoms with E-state index in [0.29, 0.717) is 78.0 Å². The van der Waals surface area contributed by atoms with Crippen LogP contribution in [-0.4, -0.2) is 73.2 Å². The highest BCUT2D eigenvalue weighted by Crippen LogP contribution is 2.43. The number of anilines is 4. The molecule has 7 bridgehead atoms. The molecule has 3 atom stereocenters. The highest BCUT2D eigenvalue weighted by Gasteiger charge is 2.38. The fourth-order valence-corrected chi connectivity index (χ4v) is 11.6. The summed E-state index contributed by atoms with van der Waals surface area (Å²) in [5.74, 6) is 1.49. The molecule has 358 valence electrons. The summed E-state index contributed by atoms with van der Waals surface area (Å²) in [4.78, 5) is 62.0. The zero-order valence-electron chi connectivity index (χ0n) is 39.6. The van der Waals surface area contributed by atoms with E-state index in [2.05, 4.69) is 28.9 Å². The summed E-state index contributed by atoms with van der Waals surface area (Å²) < 4.78 is 23.7. The van der Waals surface area contributed by atoms with Gasteiger partial charge in [-0.1, -0.05) is 58.8 Å². The minimum absolute atomic E-state index is 0.0265. The highest BCUT2D eigenvalue weighted by molar-refractivity contribution is 8.77. The molecule has 0 aromatic heterocycles. The number of hydrogen-bond acceptors (Lipinski definition) is 12. The van der Waals surface area contributed by atoms with Gasteiger partial charge in [0, 0.05) is 66.6 Å². The molecule has 4 aliphatic rings. The van der Waals surface area contributed by atoms with Crippen molar-refractivity contribution < 1.29 is 38.1 Å². The van der Waals surface area contributed by atoms with Gasteiger partial charge in [-0.05, 0) is 109 Å². The van der Waals surface area contributed by atoms with Gasteiger partial charge in [-0.3, -0.25) is 24.2 Å². The first-order valence-electron chi connectivity index (χ1n) is 23.1. The molecule has 5 aromatic rings. The standard InChI is InChI=1S/C53H56N6O8S2/c1-31-15-46(64-5)48-23-42(31)54-26-39-21-37-17-33(12-13-44(37)58(39)30-60)25-56-50(61)14-11-32(2)68-69-53(3,4)52(63)57-38-18-34(28-66-48)16-35(19-38)29-67-49-24-43-41(22-47(49)65-6)51(62)59-40(27-55-43)20-36-9-7-8-10-45(36)59/h7-10,12-13,15-19,22-24,26,30,32,39-40,55H,11,14,20-21,25,27-29H2,1-6H3,(H,56,61)(H,57,63)/t32?,39-,40?/m0/s1. The predicted molar refractivity (Wildman–Crippen MR) is 274 cm³/mol. The molecule has 5 aromatic carbocycles. The van der Waals surface area contributed by atoms with Gasteiger partial charge in [-0.15, -0.1) is 0 Å². The smallest absolute Gasteiger partial charge is 0.260 e. The quantitative estimate of drug-likeness (QED) is 0.110. The summed E-state index contributed by atoms with van der Waals surface area (Å²) in [5, 5.41) is 9.80. The molecule has 14 nitrogen and oxygen atoms in total. The van der Waals surface area contributed by atoms with Crippen molar-refractivity contribution >= 4 is 80.4 Å². The molecular weight excluding hydrogens is 913 g/mol. The Labute approximate surface area is 410 Å². The Balaban J connectivity index is 1.01. The van der Waals surface area contributed by atoms with Crippen LogP contribution in [0.5, 0.6) is 23.0 Å². The number of nitrogens with zero attached hydrogens (tertiary/aromatic N) is 3. The van der Waals surface area contributed by atoms with Gasteiger partial charge in [0.15, 0.2) is 23.0 Å². The number of carbonyl (C=O) groups is 4. The van der Waals surface area contributed by atoms with Crippen molar-refractivity contribution in [3.63, 3.8) is 0 Å². The van der Waals surface area contributed by atoms with Crippen molar-refractivity contribution in [1.82, 2.24) is 5.32 Å². The summed E-state index contributed by atoms with van der Waals surface area (Å²) >= 11 is 0. The van der Waals surface area contributed by atoms with E-state index < -0.39 is 4.75 Å². The number of aryl methyl sites for hydroxylation is 1. The van der Waals surface area contributed by atoms with E-state index in [9.17, 15) is 19.2 Å². The molecule has 4 heterocycles. The Morgan fingerprint density at radius 2 is 1.71 bits per heavy atom. The number of amides is 4. The molecule has 69 heavy (non-hydrogen) atoms. The first kappa shape index (κ1) is 47.4. The van der Waals surface area contributed by atoms with Gasteiger partial charge in [0.25, 0.3) is 5.91 Å². The Hall–Kier alpha value is -6.65. The maximum Gasteiger partial charge on any atom is 0.260 e. The van der Waals surface area contributed by atoms with Crippen LogP contribution in [0.3, 0.4) is 0 Å². The largest absolute Gasteiger partial charge is 0.493 e. The summed E-state index contributed by atoms with van der Waals surface area (Å²) in [6.45, 7) is 8.90. The second kappa shape index (κ2) is 20.1. The average molecular weight is 969 g/mol. The van der Waals surface area contributed by atoms with Crippen LogP contribution in [0, 0.1) is 6.92 Å². The highest BCUT2D eigenvalue weighted by atomic mass is 33.1. The lowest BCUT2D eigenvalue weighted by Crippen LogP contribution is -2.39. The third kappa shape index (κ3) is 10.2. The Kier molecular flexibility index (Phi) is 13.8. The monoisotopic (exact) mass is 968 g/mol. The van der Waals surface area contributed by atoms with Crippen molar-refractivity contribution in [3.8, 4) is 23.0 Å². The van der Waals surface area contributed by atoms with E-state index in [1.54, 1.807) is 42.2 Å². The van der Waals surface area contributed by atoms with Gasteiger partial charge in [-0.2, -0.15) is 0 Å². The Bertz CT molecular complexity index is 2850. The van der Waals surface area contributed by atoms with E-state index in [1.165, 1.54) is 10.8 Å². The maximum absolute atomic E-state index is 14.1. The molecule has 0 radical (unpaired) electrons. The average Bonchev–Trinajstić information content (AvgIpc) is 3.87. The molecule has 0 saturated carbocycles. The molecule has 0 spiro atoms. The molecule has 9 rings (SSSR count). The van der Waals surface area contributed by atoms with Gasteiger partial charge < -0.3 is 44.7 Å². The van der Waals surface area contributed by atoms with E-state index in [1.807, 2.05) is 98.5 Å². The number of fused-ring (bicyclic) bond motifs is 10. The number of nitrogens with one attached hydrogen (secondary N) is 3. The lowest BCUT2D eigenvalue weighted by molar-refractivity contribution is -0.121. The summed E-state index contributed by atoms with van der Waals surface area (Å²) in [7, 11) is 6.18. The number of hydrogen-bond donors (Lipinski definition) is 3. The summed E-state index contributed by atoms with van der Waals surface area (Å²) in [6.07, 6.45) is 4.93. The van der Waals surface area contributed by atoms with Crippen molar-refractivity contribution in [3.05, 3.63) is 124 Å². The van der Waals surface area contributed by atoms with Gasteiger partial charge in [0.05, 0.1) is 48.0 Å². The maximum atomic E-state index is 14.1. The molecule has 0 aliphatic carbocycles. The van der Waals surface area contributed by atoms with E-state index >= 15 is 0 Å². The van der Waals surface area contributed by atoms with E-state index in [0.717, 1.165) is 57.6 Å². The van der Waals surface area contributed by atoms with Crippen LogP contribution in [-0.2, 0) is 47.0 Å². The summed E-state index contributed by atoms with van der Waals surface area (Å²) in [5.41, 5.74) is 9.54. The molecule has 0 saturated heterocycles. The van der Waals surface area contributed by atoms with Crippen molar-refractivity contribution in [2.75, 3.05) is 41.2 Å². The Morgan fingerprint density at radius 1 is 0.884 bits per heavy atom. The van der Waals surface area contributed by atoms with Crippen LogP contribution in [0.15, 0.2) is 89.9 Å². The summed E-state index contributed by atoms with van der Waals surface area (Å²) in [6, 6.07) is 26.5. The van der Waals surface area contributed by atoms with Gasteiger partial charge in [-0.25, -0.2) is 0 Å². The van der Waals surface area contributed by atoms with Gasteiger partial charge in [0.2, 0.25) is 18.2 Å². The van der Waals surface area contributed by atoms with Crippen molar-refractivity contribution in [1.29, 1.82) is 0 Å². The third-order valence-electron chi connectivity index (χ3n) is 12.9. The van der Waals surface area contributed by atoms with Crippen LogP contribution < -0.4 is 44.7 Å². The number of para-hydroxylation sites is 1. The minimum atomic E-state index is -0.843. The van der Waals surface area contributed by atoms with Gasteiger partial charge >= 0.3 is 0 Å². The van der Waals surface area contributed by atoms with Crippen LogP contribution >= 0.6 is 21.6 Å². The fourth-order valence-electron chi connectivity index (χ4n) is 9.08. The molecule has 3 N–H and O–H groups in total. The molecule has 0 fully saturated rings. The van der Waals surface area contributed by atoms with Crippen LogP contribution in [0.2, 0.25) is 0 Å². The minimum Gasteiger partial charge on any atom is -0.493 e. The lowest BCUT2D eigenvalue weighted by Gasteiger charge is -2.24. The number of rotatable bonds is 6. The first-order valence-corrected chi connectivity index (χ1v) is 25.3. The Morgan fingerprint density at radius 3 is 2.52 bits per heavy atom. The molecule has 4 aliphatic heterocycles. The third-order valence-corrected chi connectivity index (χ3v) is 16.7. The van der Waals surface area contributed by atoms with Crippen molar-refractivity contribution in [2.24, 2.45) is 4.99 Å². The molecule has 16 heteroatoms. The van der Waals surface area contributed by atoms with E-state index in [4.69, 9.17) is 23.9 Å². The van der Waals surface area contributed by atoms with Crippen molar-refractivity contribution in [2.45, 2.75) is 95.2 Å². The lowest BCUT2D eigenvalue weighted by atomic mass is 10.1. The SMILES string of the molecule is COc1cc(C)c2cc1OCc1cc(COc3cc4c(cc3OC)C(=O)N3c5ccccc5CC3CN4)cc(c1)NC(=O)C(C)(C)SSC(C)CCC(=O)NCc1ccc3c(c1)C[C@@H](C=N2)N3C=O. The number of carbonyl (C=O) groups excluding carboxylic acids is 4. The normalized spacial score (nSPS) is 20.0. The first-order chi connectivity index (χ1) is 33.3. The number of ether oxygens (including phenoxy) is 4. The predicted octanol–water partition coefficient (Wildman–Crippen LogP) is 9.35. The molecule has 2 unspecified atom stereocenters. The fraction of sp³-hybridized carbons (Fsp3) is 0.340. The zero-order valence-corrected chi connectivity index (χ0v) is 41.2. The van der Waals surface area contributed by atoms with Crippen LogP contribution in [0.4, 0.5) is 28.4 Å².